The summed E-state index contributed by atoms with van der Waals surface area (Å²) in [6, 6.07) is 9.08. The number of nitrogens with one attached hydrogen (secondary N) is 1. The number of carbonyl (C=O) groups excluding carboxylic acids is 2. The van der Waals surface area contributed by atoms with Crippen molar-refractivity contribution in [2.75, 3.05) is 12.3 Å². The summed E-state index contributed by atoms with van der Waals surface area (Å²) >= 11 is 0. The number of ketones is 1. The lowest BCUT2D eigenvalue weighted by Crippen LogP contribution is -2.23. The number of benzene rings is 1. The van der Waals surface area contributed by atoms with Gasteiger partial charge in [-0.15, -0.1) is 0 Å². The summed E-state index contributed by atoms with van der Waals surface area (Å²) in [5, 5.41) is 2.82. The highest BCUT2D eigenvalue weighted by Crippen LogP contribution is 2.13. The first-order valence-electron chi connectivity index (χ1n) is 7.82. The lowest BCUT2D eigenvalue weighted by molar-refractivity contribution is -0.118. The zero-order valence-corrected chi connectivity index (χ0v) is 13.1. The van der Waals surface area contributed by atoms with E-state index >= 15 is 0 Å². The van der Waals surface area contributed by atoms with Crippen molar-refractivity contribution in [3.8, 4) is 0 Å². The van der Waals surface area contributed by atoms with Crippen LogP contribution in [0.25, 0.3) is 0 Å². The highest BCUT2D eigenvalue weighted by atomic mass is 16.3. The van der Waals surface area contributed by atoms with Crippen LogP contribution < -0.4 is 11.1 Å². The van der Waals surface area contributed by atoms with E-state index in [1.54, 1.807) is 6.07 Å². The second-order valence-electron chi connectivity index (χ2n) is 5.49. The van der Waals surface area contributed by atoms with Crippen molar-refractivity contribution in [2.45, 2.75) is 32.1 Å². The Morgan fingerprint density at radius 3 is 2.65 bits per heavy atom. The summed E-state index contributed by atoms with van der Waals surface area (Å²) in [6.45, 7) is 0.601. The van der Waals surface area contributed by atoms with E-state index in [0.717, 1.165) is 24.8 Å². The SMILES string of the molecule is Nc1ccccc1CC(=O)CCCCCNC(=O)c1ccoc1. The Balaban J connectivity index is 1.56. The molecule has 1 aromatic heterocycles. The first kappa shape index (κ1) is 16.8. The van der Waals surface area contributed by atoms with Gasteiger partial charge in [0.25, 0.3) is 5.91 Å². The molecule has 1 aromatic carbocycles. The molecule has 2 rings (SSSR count). The van der Waals surface area contributed by atoms with Gasteiger partial charge in [0.05, 0.1) is 11.8 Å². The second-order valence-corrected chi connectivity index (χ2v) is 5.49. The third-order valence-corrected chi connectivity index (χ3v) is 3.64. The molecule has 0 atom stereocenters. The van der Waals surface area contributed by atoms with Gasteiger partial charge in [0.15, 0.2) is 0 Å². The Kier molecular flexibility index (Phi) is 6.41. The number of nitrogen functional groups attached to an aromatic ring is 1. The van der Waals surface area contributed by atoms with Crippen LogP contribution in [0.5, 0.6) is 0 Å². The maximum atomic E-state index is 11.9. The monoisotopic (exact) mass is 314 g/mol. The maximum absolute atomic E-state index is 11.9. The molecule has 0 aliphatic carbocycles. The topological polar surface area (TPSA) is 85.3 Å². The fraction of sp³-hybridized carbons (Fsp3) is 0.333. The van der Waals surface area contributed by atoms with Crippen LogP contribution >= 0.6 is 0 Å². The number of furan rings is 1. The number of amides is 1. The van der Waals surface area contributed by atoms with Gasteiger partial charge in [-0.25, -0.2) is 0 Å². The Hall–Kier alpha value is -2.56. The van der Waals surface area contributed by atoms with Crippen molar-refractivity contribution in [1.29, 1.82) is 0 Å². The molecular formula is C18H22N2O3. The number of hydrogen-bond acceptors (Lipinski definition) is 4. The Labute approximate surface area is 135 Å². The summed E-state index contributed by atoms with van der Waals surface area (Å²) in [4.78, 5) is 23.6. The quantitative estimate of drug-likeness (QED) is 0.550. The van der Waals surface area contributed by atoms with Gasteiger partial charge in [-0.3, -0.25) is 9.59 Å². The molecule has 0 bridgehead atoms. The smallest absolute Gasteiger partial charge is 0.254 e. The molecule has 0 radical (unpaired) electrons. The van der Waals surface area contributed by atoms with Crippen LogP contribution in [-0.4, -0.2) is 18.2 Å². The standard InChI is InChI=1S/C18H22N2O3/c19-17-8-4-3-6-14(17)12-16(21)7-2-1-5-10-20-18(22)15-9-11-23-13-15/h3-4,6,8-9,11,13H,1-2,5,7,10,12,19H2,(H,20,22). The van der Waals surface area contributed by atoms with Crippen LogP contribution in [0.1, 0.15) is 41.6 Å². The first-order chi connectivity index (χ1) is 11.2. The number of para-hydroxylation sites is 1. The second kappa shape index (κ2) is 8.78. The first-order valence-corrected chi connectivity index (χ1v) is 7.82. The average Bonchev–Trinajstić information content (AvgIpc) is 3.07. The number of hydrogen-bond donors (Lipinski definition) is 2. The summed E-state index contributed by atoms with van der Waals surface area (Å²) in [5.41, 5.74) is 7.92. The molecule has 0 saturated heterocycles. The number of anilines is 1. The molecule has 0 aliphatic rings. The van der Waals surface area contributed by atoms with Crippen LogP contribution in [0.4, 0.5) is 5.69 Å². The van der Waals surface area contributed by atoms with Crippen molar-refractivity contribution in [3.63, 3.8) is 0 Å². The molecule has 5 nitrogen and oxygen atoms in total. The van der Waals surface area contributed by atoms with Crippen molar-refractivity contribution in [2.24, 2.45) is 0 Å². The summed E-state index contributed by atoms with van der Waals surface area (Å²) in [6.07, 6.45) is 6.41. The van der Waals surface area contributed by atoms with E-state index in [1.807, 2.05) is 24.3 Å². The minimum absolute atomic E-state index is 0.130. The van der Waals surface area contributed by atoms with Crippen molar-refractivity contribution < 1.29 is 14.0 Å². The molecule has 23 heavy (non-hydrogen) atoms. The highest BCUT2D eigenvalue weighted by Gasteiger charge is 2.07. The molecule has 1 amide bonds. The van der Waals surface area contributed by atoms with Crippen LogP contribution in [0, 0.1) is 0 Å². The summed E-state index contributed by atoms with van der Waals surface area (Å²) < 4.78 is 4.86. The van der Waals surface area contributed by atoms with Gasteiger partial charge in [-0.1, -0.05) is 24.6 Å². The summed E-state index contributed by atoms with van der Waals surface area (Å²) in [5.74, 6) is 0.0692. The Morgan fingerprint density at radius 2 is 1.91 bits per heavy atom. The van der Waals surface area contributed by atoms with Gasteiger partial charge in [-0.2, -0.15) is 0 Å². The predicted molar refractivity (Wildman–Crippen MR) is 89.1 cm³/mol. The number of nitrogens with two attached hydrogens (primary N) is 1. The lowest BCUT2D eigenvalue weighted by Gasteiger charge is -2.05. The third-order valence-electron chi connectivity index (χ3n) is 3.64. The molecule has 0 unspecified atom stereocenters. The van der Waals surface area contributed by atoms with Gasteiger partial charge >= 0.3 is 0 Å². The normalized spacial score (nSPS) is 10.4. The molecule has 0 spiro atoms. The largest absolute Gasteiger partial charge is 0.472 e. The molecule has 122 valence electrons. The van der Waals surface area contributed by atoms with E-state index in [9.17, 15) is 9.59 Å². The number of unbranched alkanes of at least 4 members (excludes halogenated alkanes) is 2. The Bertz CT molecular complexity index is 635. The van der Waals surface area contributed by atoms with Gasteiger partial charge in [0.2, 0.25) is 0 Å². The van der Waals surface area contributed by atoms with Gasteiger partial charge in [0, 0.05) is 25.1 Å². The molecule has 0 aliphatic heterocycles. The number of Topliss-reactive ketones (excluding diaryl/α,β-unsaturated/α-hetero) is 1. The fourth-order valence-electron chi connectivity index (χ4n) is 2.32. The molecule has 0 fully saturated rings. The van der Waals surface area contributed by atoms with Crippen LogP contribution in [0.2, 0.25) is 0 Å². The molecule has 2 aromatic rings. The molecule has 0 saturated carbocycles. The molecule has 5 heteroatoms. The lowest BCUT2D eigenvalue weighted by atomic mass is 10.0. The van der Waals surface area contributed by atoms with Crippen molar-refractivity contribution in [1.82, 2.24) is 5.32 Å². The van der Waals surface area contributed by atoms with E-state index in [0.29, 0.717) is 30.6 Å². The molecule has 3 N–H and O–H groups in total. The van der Waals surface area contributed by atoms with Gasteiger partial charge in [0.1, 0.15) is 12.0 Å². The predicted octanol–water partition coefficient (Wildman–Crippen LogP) is 2.96. The molecule has 1 heterocycles. The van der Waals surface area contributed by atoms with Crippen LogP contribution in [0.3, 0.4) is 0 Å². The number of carbonyl (C=O) groups is 2. The van der Waals surface area contributed by atoms with E-state index in [2.05, 4.69) is 5.32 Å². The zero-order valence-electron chi connectivity index (χ0n) is 13.1. The Morgan fingerprint density at radius 1 is 1.09 bits per heavy atom. The highest BCUT2D eigenvalue weighted by molar-refractivity contribution is 5.93. The van der Waals surface area contributed by atoms with Crippen LogP contribution in [-0.2, 0) is 11.2 Å². The minimum atomic E-state index is -0.130. The molecular weight excluding hydrogens is 292 g/mol. The average molecular weight is 314 g/mol. The van der Waals surface area contributed by atoms with Gasteiger partial charge in [-0.05, 0) is 30.5 Å². The maximum Gasteiger partial charge on any atom is 0.254 e. The van der Waals surface area contributed by atoms with Crippen molar-refractivity contribution >= 4 is 17.4 Å². The van der Waals surface area contributed by atoms with E-state index in [-0.39, 0.29) is 11.7 Å². The van der Waals surface area contributed by atoms with Crippen molar-refractivity contribution in [3.05, 3.63) is 54.0 Å². The van der Waals surface area contributed by atoms with Gasteiger partial charge < -0.3 is 15.5 Å². The van der Waals surface area contributed by atoms with E-state index in [1.165, 1.54) is 12.5 Å². The third kappa shape index (κ3) is 5.62. The van der Waals surface area contributed by atoms with Crippen LogP contribution in [0.15, 0.2) is 47.3 Å². The fourth-order valence-corrected chi connectivity index (χ4v) is 2.32. The van der Waals surface area contributed by atoms with E-state index < -0.39 is 0 Å². The van der Waals surface area contributed by atoms with E-state index in [4.69, 9.17) is 10.2 Å². The number of rotatable bonds is 9. The summed E-state index contributed by atoms with van der Waals surface area (Å²) in [7, 11) is 0. The minimum Gasteiger partial charge on any atom is -0.472 e. The zero-order chi connectivity index (χ0) is 16.5.